The fourth-order valence-corrected chi connectivity index (χ4v) is 2.62. The van der Waals surface area contributed by atoms with Crippen molar-refractivity contribution in [1.82, 2.24) is 25.5 Å². The zero-order valence-electron chi connectivity index (χ0n) is 18.4. The van der Waals surface area contributed by atoms with Gasteiger partial charge in [0.15, 0.2) is 10.1 Å². The van der Waals surface area contributed by atoms with Gasteiger partial charge >= 0.3 is 0 Å². The lowest BCUT2D eigenvalue weighted by Crippen LogP contribution is -2.31. The number of guanidine groups is 2. The molecule has 2 aromatic heterocycles. The maximum Gasteiger partial charge on any atom is 0.271 e. The van der Waals surface area contributed by atoms with E-state index in [0.717, 1.165) is 11.1 Å². The second-order valence-electron chi connectivity index (χ2n) is 6.06. The van der Waals surface area contributed by atoms with Gasteiger partial charge < -0.3 is 21.3 Å². The van der Waals surface area contributed by atoms with Crippen LogP contribution < -0.4 is 16.4 Å². The summed E-state index contributed by atoms with van der Waals surface area (Å²) in [7, 11) is 0. The third-order valence-corrected chi connectivity index (χ3v) is 4.20. The minimum Gasteiger partial charge on any atom is -0.365 e. The topological polar surface area (TPSA) is 190 Å². The third kappa shape index (κ3) is 11.2. The van der Waals surface area contributed by atoms with Crippen LogP contribution in [-0.2, 0) is 13.1 Å². The van der Waals surface area contributed by atoms with E-state index in [-0.39, 0.29) is 11.9 Å². The van der Waals surface area contributed by atoms with Crippen molar-refractivity contribution in [2.75, 3.05) is 13.1 Å². The highest BCUT2D eigenvalue weighted by Gasteiger charge is 2.21. The van der Waals surface area contributed by atoms with Crippen molar-refractivity contribution in [2.45, 2.75) is 26.9 Å². The molecule has 1 saturated heterocycles. The predicted octanol–water partition coefficient (Wildman–Crippen LogP) is 2.05. The second kappa shape index (κ2) is 15.1. The lowest BCUT2D eigenvalue weighted by molar-refractivity contribution is -0.485. The molecule has 0 amide bonds. The molecule has 0 unspecified atom stereocenters. The number of hydrogen-bond donors (Lipinski definition) is 3. The molecule has 0 bridgehead atoms. The van der Waals surface area contributed by atoms with Gasteiger partial charge in [0.2, 0.25) is 0 Å². The first-order valence-corrected chi connectivity index (χ1v) is 10.6. The number of nitrogens with zero attached hydrogens (tertiary/aromatic N) is 7. The third-order valence-electron chi connectivity index (χ3n) is 3.75. The molecule has 3 heterocycles. The minimum atomic E-state index is -0.873. The van der Waals surface area contributed by atoms with Gasteiger partial charge in [0, 0.05) is 38.6 Å². The van der Waals surface area contributed by atoms with E-state index in [1.54, 1.807) is 29.3 Å². The fraction of sp³-hybridized carbons (Fsp3) is 0.333. The summed E-state index contributed by atoms with van der Waals surface area (Å²) in [6, 6.07) is 6.85. The lowest BCUT2D eigenvalue weighted by Gasteiger charge is -2.14. The average Bonchev–Trinajstić information content (AvgIpc) is 3.22. The van der Waals surface area contributed by atoms with Crippen LogP contribution in [0.15, 0.2) is 46.9 Å². The van der Waals surface area contributed by atoms with Crippen molar-refractivity contribution in [3.05, 3.63) is 78.3 Å². The molecule has 0 radical (unpaired) electrons. The van der Waals surface area contributed by atoms with Crippen LogP contribution in [0.5, 0.6) is 0 Å². The smallest absolute Gasteiger partial charge is 0.271 e. The second-order valence-corrected chi connectivity index (χ2v) is 6.84. The van der Waals surface area contributed by atoms with Crippen molar-refractivity contribution < 1.29 is 10.1 Å². The van der Waals surface area contributed by atoms with Crippen LogP contribution in [0.2, 0.25) is 10.3 Å². The number of halogens is 2. The summed E-state index contributed by atoms with van der Waals surface area (Å²) < 4.78 is 0. The number of pyridine rings is 2. The number of rotatable bonds is 6. The van der Waals surface area contributed by atoms with Gasteiger partial charge in [0.1, 0.15) is 20.5 Å². The molecule has 3 rings (SSSR count). The van der Waals surface area contributed by atoms with Crippen LogP contribution in [0.3, 0.4) is 0 Å². The number of nitrogens with two attached hydrogens (primary N) is 1. The number of hydrazone groups is 2. The first kappa shape index (κ1) is 28.3. The Morgan fingerprint density at radius 2 is 1.71 bits per heavy atom. The quantitative estimate of drug-likeness (QED) is 0.169. The van der Waals surface area contributed by atoms with Crippen molar-refractivity contribution in [2.24, 2.45) is 15.9 Å². The van der Waals surface area contributed by atoms with Gasteiger partial charge in [-0.3, -0.25) is 0 Å². The Balaban J connectivity index is 0.000000320. The van der Waals surface area contributed by atoms with Gasteiger partial charge in [0.05, 0.1) is 0 Å². The average molecular weight is 515 g/mol. The molecule has 1 fully saturated rings. The number of hydrogen-bond acceptors (Lipinski definition) is 6. The van der Waals surface area contributed by atoms with Crippen molar-refractivity contribution in [3.63, 3.8) is 0 Å². The molecule has 0 aliphatic carbocycles. The van der Waals surface area contributed by atoms with E-state index in [4.69, 9.17) is 28.9 Å². The summed E-state index contributed by atoms with van der Waals surface area (Å²) in [6.07, 6.45) is 3.18. The molecule has 16 heteroatoms. The van der Waals surface area contributed by atoms with Crippen LogP contribution in [0.25, 0.3) is 0 Å². The highest BCUT2D eigenvalue weighted by molar-refractivity contribution is 6.29. The summed E-state index contributed by atoms with van der Waals surface area (Å²) >= 11 is 11.2. The Morgan fingerprint density at radius 3 is 2.21 bits per heavy atom. The zero-order chi connectivity index (χ0) is 25.5. The van der Waals surface area contributed by atoms with Crippen molar-refractivity contribution >= 4 is 35.1 Å². The van der Waals surface area contributed by atoms with Gasteiger partial charge in [-0.25, -0.2) is 30.2 Å². The molecular formula is C18H24Cl2N10O4. The molecule has 0 aromatic carbocycles. The largest absolute Gasteiger partial charge is 0.365 e. The van der Waals surface area contributed by atoms with Gasteiger partial charge in [-0.1, -0.05) is 49.2 Å². The Labute approximate surface area is 205 Å². The molecular weight excluding hydrogens is 491 g/mol. The fourth-order valence-electron chi connectivity index (χ4n) is 2.40. The number of nitro groups is 2. The van der Waals surface area contributed by atoms with Gasteiger partial charge in [-0.15, -0.1) is 0 Å². The van der Waals surface area contributed by atoms with E-state index in [1.165, 1.54) is 6.20 Å². The van der Waals surface area contributed by atoms with E-state index >= 15 is 0 Å². The maximum atomic E-state index is 10.3. The Kier molecular flexibility index (Phi) is 12.6. The summed E-state index contributed by atoms with van der Waals surface area (Å²) in [5.74, 6) is 0.0277. The summed E-state index contributed by atoms with van der Waals surface area (Å²) in [5, 5.41) is 31.0. The predicted molar refractivity (Wildman–Crippen MR) is 128 cm³/mol. The normalized spacial score (nSPS) is 13.7. The van der Waals surface area contributed by atoms with Crippen molar-refractivity contribution in [3.8, 4) is 0 Å². The zero-order valence-corrected chi connectivity index (χ0v) is 19.9. The first-order chi connectivity index (χ1) is 16.2. The molecule has 1 aliphatic heterocycles. The summed E-state index contributed by atoms with van der Waals surface area (Å²) in [4.78, 5) is 29.8. The molecule has 184 valence electrons. The van der Waals surface area contributed by atoms with Crippen LogP contribution >= 0.6 is 23.2 Å². The van der Waals surface area contributed by atoms with E-state index in [9.17, 15) is 20.2 Å². The highest BCUT2D eigenvalue weighted by Crippen LogP contribution is 2.10. The molecule has 34 heavy (non-hydrogen) atoms. The van der Waals surface area contributed by atoms with Gasteiger partial charge in [-0.2, -0.15) is 0 Å². The molecule has 0 spiro atoms. The summed E-state index contributed by atoms with van der Waals surface area (Å²) in [6.45, 7) is 6.14. The monoisotopic (exact) mass is 514 g/mol. The van der Waals surface area contributed by atoms with Crippen LogP contribution in [-0.4, -0.2) is 49.9 Å². The van der Waals surface area contributed by atoms with Crippen LogP contribution in [0, 0.1) is 20.2 Å². The highest BCUT2D eigenvalue weighted by atomic mass is 35.5. The lowest BCUT2D eigenvalue weighted by atomic mass is 10.3. The van der Waals surface area contributed by atoms with Crippen LogP contribution in [0.4, 0.5) is 0 Å². The van der Waals surface area contributed by atoms with Gasteiger partial charge in [0.25, 0.3) is 11.9 Å². The molecule has 4 N–H and O–H groups in total. The van der Waals surface area contributed by atoms with E-state index < -0.39 is 10.1 Å². The van der Waals surface area contributed by atoms with E-state index in [1.807, 2.05) is 19.9 Å². The molecule has 14 nitrogen and oxygen atoms in total. The Hall–Kier alpha value is -3.78. The molecule has 1 aliphatic rings. The first-order valence-electron chi connectivity index (χ1n) is 9.88. The maximum absolute atomic E-state index is 10.3. The number of nitrogens with one attached hydrogen (secondary N) is 2. The Bertz CT molecular complexity index is 987. The summed E-state index contributed by atoms with van der Waals surface area (Å²) in [5.41, 5.74) is 6.92. The van der Waals surface area contributed by atoms with Crippen LogP contribution in [0.1, 0.15) is 25.0 Å². The SMILES string of the molecule is CC.N/C(=N\[N+](=O)[O-])NCc1ccc(Cl)nc1.O=[N+]([O-])/N=C1\NCCN1Cc1ccc(Cl)nc1. The number of aromatic nitrogens is 2. The minimum absolute atomic E-state index is 0.255. The van der Waals surface area contributed by atoms with Crippen molar-refractivity contribution in [1.29, 1.82) is 0 Å². The van der Waals surface area contributed by atoms with E-state index in [2.05, 4.69) is 30.8 Å². The standard InChI is InChI=1S/C9H10ClN5O2.C7H8ClN5O2.C2H6/c10-8-2-1-7(5-12-8)6-14-4-3-11-9(14)13-15(16)17;8-6-2-1-5(3-10-6)4-11-7(9)12-13(14)15;1-2/h1-2,5H,3-4,6H2,(H,11,13);1-3H,4H2,(H3,9,11,12);1-2H3. The molecule has 0 saturated carbocycles. The molecule has 0 atom stereocenters. The van der Waals surface area contributed by atoms with E-state index in [0.29, 0.717) is 36.5 Å². The van der Waals surface area contributed by atoms with Gasteiger partial charge in [-0.05, 0) is 23.3 Å². The molecule has 2 aromatic rings. The Morgan fingerprint density at radius 1 is 1.12 bits per heavy atom.